The monoisotopic (exact) mass is 388 g/mol. The summed E-state index contributed by atoms with van der Waals surface area (Å²) in [5.41, 5.74) is 2.87. The Kier molecular flexibility index (Phi) is 6.17. The van der Waals surface area contributed by atoms with Crippen molar-refractivity contribution in [3.8, 4) is 5.75 Å². The molecule has 148 valence electrons. The fourth-order valence-corrected chi connectivity index (χ4v) is 3.47. The van der Waals surface area contributed by atoms with Gasteiger partial charge in [-0.25, -0.2) is 0 Å². The third-order valence-corrected chi connectivity index (χ3v) is 5.13. The molecule has 5 nitrogen and oxygen atoms in total. The van der Waals surface area contributed by atoms with Crippen LogP contribution in [-0.4, -0.2) is 30.1 Å². The zero-order valence-corrected chi connectivity index (χ0v) is 16.2. The molecule has 1 amide bonds. The zero-order chi connectivity index (χ0) is 19.9. The molecule has 5 heteroatoms. The van der Waals surface area contributed by atoms with E-state index >= 15 is 0 Å². The van der Waals surface area contributed by atoms with Crippen LogP contribution in [0.3, 0.4) is 0 Å². The number of benzene rings is 2. The lowest BCUT2D eigenvalue weighted by Gasteiger charge is -2.19. The van der Waals surface area contributed by atoms with E-state index in [0.29, 0.717) is 25.4 Å². The summed E-state index contributed by atoms with van der Waals surface area (Å²) in [4.78, 5) is 16.7. The summed E-state index contributed by atoms with van der Waals surface area (Å²) in [7, 11) is 0. The molecule has 4 rings (SSSR count). The molecule has 3 aromatic rings. The van der Waals surface area contributed by atoms with Gasteiger partial charge in [0.15, 0.2) is 0 Å². The van der Waals surface area contributed by atoms with Gasteiger partial charge in [0.25, 0.3) is 5.91 Å². The van der Waals surface area contributed by atoms with Crippen LogP contribution in [0.1, 0.15) is 21.5 Å². The quantitative estimate of drug-likeness (QED) is 0.671. The van der Waals surface area contributed by atoms with Crippen LogP contribution in [0.5, 0.6) is 5.75 Å². The van der Waals surface area contributed by atoms with Crippen molar-refractivity contribution in [2.45, 2.75) is 19.1 Å². The second-order valence-electron chi connectivity index (χ2n) is 7.24. The highest BCUT2D eigenvalue weighted by atomic mass is 16.5. The maximum Gasteiger partial charge on any atom is 0.251 e. The first-order valence-electron chi connectivity index (χ1n) is 9.82. The fraction of sp³-hybridized carbons (Fsp3) is 0.250. The minimum Gasteiger partial charge on any atom is -0.489 e. The van der Waals surface area contributed by atoms with Gasteiger partial charge in [0.1, 0.15) is 12.4 Å². The van der Waals surface area contributed by atoms with Crippen molar-refractivity contribution in [2.24, 2.45) is 5.92 Å². The number of carbonyl (C=O) groups excluding carboxylic acids is 1. The smallest absolute Gasteiger partial charge is 0.251 e. The van der Waals surface area contributed by atoms with Crippen LogP contribution in [0.2, 0.25) is 0 Å². The van der Waals surface area contributed by atoms with Crippen molar-refractivity contribution >= 4 is 5.91 Å². The molecule has 2 aromatic carbocycles. The Morgan fingerprint density at radius 2 is 1.72 bits per heavy atom. The molecule has 2 atom stereocenters. The standard InChI is InChI=1S/C24H24N2O3/c27-24(26-23-17-28-16-21(23)14-18-10-12-25-13-11-18)20-8-6-19(7-9-20)15-29-22-4-2-1-3-5-22/h1-13,21,23H,14-17H2,(H,26,27)/t21-,23-/m1/s1. The minimum atomic E-state index is -0.0734. The number of hydrogen-bond acceptors (Lipinski definition) is 4. The van der Waals surface area contributed by atoms with E-state index in [9.17, 15) is 4.79 Å². The minimum absolute atomic E-state index is 0.0109. The van der Waals surface area contributed by atoms with Crippen molar-refractivity contribution in [1.29, 1.82) is 0 Å². The van der Waals surface area contributed by atoms with Crippen molar-refractivity contribution in [1.82, 2.24) is 10.3 Å². The maximum atomic E-state index is 12.7. The Balaban J connectivity index is 1.32. The number of para-hydroxylation sites is 1. The third kappa shape index (κ3) is 5.21. The Hall–Kier alpha value is -3.18. The molecule has 0 unspecified atom stereocenters. The summed E-state index contributed by atoms with van der Waals surface area (Å²) >= 11 is 0. The van der Waals surface area contributed by atoms with Gasteiger partial charge in [-0.2, -0.15) is 0 Å². The van der Waals surface area contributed by atoms with Crippen LogP contribution in [-0.2, 0) is 17.8 Å². The van der Waals surface area contributed by atoms with E-state index in [4.69, 9.17) is 9.47 Å². The molecule has 2 heterocycles. The molecule has 1 saturated heterocycles. The molecule has 1 fully saturated rings. The van der Waals surface area contributed by atoms with E-state index in [1.807, 2.05) is 66.7 Å². The van der Waals surface area contributed by atoms with E-state index in [1.165, 1.54) is 5.56 Å². The van der Waals surface area contributed by atoms with Gasteiger partial charge in [-0.05, 0) is 53.9 Å². The second-order valence-corrected chi connectivity index (χ2v) is 7.24. The molecule has 0 bridgehead atoms. The number of nitrogens with zero attached hydrogens (tertiary/aromatic N) is 1. The largest absolute Gasteiger partial charge is 0.489 e. The van der Waals surface area contributed by atoms with Crippen LogP contribution in [0.25, 0.3) is 0 Å². The zero-order valence-electron chi connectivity index (χ0n) is 16.2. The van der Waals surface area contributed by atoms with Crippen molar-refractivity contribution in [3.63, 3.8) is 0 Å². The molecular weight excluding hydrogens is 364 g/mol. The van der Waals surface area contributed by atoms with Gasteiger partial charge in [0, 0.05) is 23.9 Å². The molecule has 1 aliphatic rings. The van der Waals surface area contributed by atoms with Crippen LogP contribution >= 0.6 is 0 Å². The van der Waals surface area contributed by atoms with Gasteiger partial charge in [-0.1, -0.05) is 30.3 Å². The maximum absolute atomic E-state index is 12.7. The highest BCUT2D eigenvalue weighted by Gasteiger charge is 2.29. The Morgan fingerprint density at radius 1 is 0.966 bits per heavy atom. The average Bonchev–Trinajstić information content (AvgIpc) is 3.20. The molecule has 0 radical (unpaired) electrons. The van der Waals surface area contributed by atoms with Gasteiger partial charge in [0.2, 0.25) is 0 Å². The lowest BCUT2D eigenvalue weighted by Crippen LogP contribution is -2.40. The van der Waals surface area contributed by atoms with E-state index in [1.54, 1.807) is 12.4 Å². The van der Waals surface area contributed by atoms with Crippen molar-refractivity contribution < 1.29 is 14.3 Å². The number of aromatic nitrogens is 1. The van der Waals surface area contributed by atoms with E-state index in [0.717, 1.165) is 17.7 Å². The number of amides is 1. The third-order valence-electron chi connectivity index (χ3n) is 5.13. The summed E-state index contributed by atoms with van der Waals surface area (Å²) in [6.45, 7) is 1.67. The number of hydrogen-bond donors (Lipinski definition) is 1. The highest BCUT2D eigenvalue weighted by Crippen LogP contribution is 2.20. The number of rotatable bonds is 7. The molecule has 0 spiro atoms. The lowest BCUT2D eigenvalue weighted by molar-refractivity contribution is 0.0925. The van der Waals surface area contributed by atoms with E-state index in [2.05, 4.69) is 10.3 Å². The summed E-state index contributed by atoms with van der Waals surface area (Å²) in [6, 6.07) is 21.3. The van der Waals surface area contributed by atoms with Gasteiger partial charge in [-0.3, -0.25) is 9.78 Å². The predicted molar refractivity (Wildman–Crippen MR) is 111 cm³/mol. The summed E-state index contributed by atoms with van der Waals surface area (Å²) in [5, 5.41) is 3.13. The van der Waals surface area contributed by atoms with Crippen LogP contribution in [0.15, 0.2) is 79.1 Å². The molecule has 1 N–H and O–H groups in total. The summed E-state index contributed by atoms with van der Waals surface area (Å²) in [5.74, 6) is 1.02. The second kappa shape index (κ2) is 9.34. The summed E-state index contributed by atoms with van der Waals surface area (Å²) < 4.78 is 11.4. The Labute approximate surface area is 170 Å². The number of pyridine rings is 1. The van der Waals surface area contributed by atoms with Gasteiger partial charge >= 0.3 is 0 Å². The molecule has 1 aliphatic heterocycles. The van der Waals surface area contributed by atoms with Crippen LogP contribution in [0, 0.1) is 5.92 Å². The van der Waals surface area contributed by atoms with Crippen LogP contribution < -0.4 is 10.1 Å². The van der Waals surface area contributed by atoms with Crippen molar-refractivity contribution in [3.05, 3.63) is 95.8 Å². The Bertz CT molecular complexity index is 914. The Morgan fingerprint density at radius 3 is 2.48 bits per heavy atom. The van der Waals surface area contributed by atoms with Gasteiger partial charge < -0.3 is 14.8 Å². The lowest BCUT2D eigenvalue weighted by atomic mass is 9.95. The SMILES string of the molecule is O=C(N[C@@H]1COC[C@H]1Cc1ccncc1)c1ccc(COc2ccccc2)cc1. The number of carbonyl (C=O) groups is 1. The normalized spacial score (nSPS) is 18.3. The fourth-order valence-electron chi connectivity index (χ4n) is 3.47. The topological polar surface area (TPSA) is 60.5 Å². The van der Waals surface area contributed by atoms with E-state index < -0.39 is 0 Å². The molecule has 0 saturated carbocycles. The number of nitrogens with one attached hydrogen (secondary N) is 1. The number of ether oxygens (including phenoxy) is 2. The van der Waals surface area contributed by atoms with Gasteiger partial charge in [-0.15, -0.1) is 0 Å². The van der Waals surface area contributed by atoms with Crippen molar-refractivity contribution in [2.75, 3.05) is 13.2 Å². The molecule has 1 aromatic heterocycles. The molecule has 29 heavy (non-hydrogen) atoms. The van der Waals surface area contributed by atoms with E-state index in [-0.39, 0.29) is 17.9 Å². The highest BCUT2D eigenvalue weighted by molar-refractivity contribution is 5.94. The first-order valence-corrected chi connectivity index (χ1v) is 9.82. The molecular formula is C24H24N2O3. The average molecular weight is 388 g/mol. The molecule has 0 aliphatic carbocycles. The first-order chi connectivity index (χ1) is 14.3. The summed E-state index contributed by atoms with van der Waals surface area (Å²) in [6.07, 6.45) is 4.45. The van der Waals surface area contributed by atoms with Crippen LogP contribution in [0.4, 0.5) is 0 Å². The van der Waals surface area contributed by atoms with Gasteiger partial charge in [0.05, 0.1) is 19.3 Å². The predicted octanol–water partition coefficient (Wildman–Crippen LogP) is 3.65. The first kappa shape index (κ1) is 19.2.